The van der Waals surface area contributed by atoms with Crippen molar-refractivity contribution in [1.29, 1.82) is 0 Å². The zero-order valence-corrected chi connectivity index (χ0v) is 21.5. The number of rotatable bonds is 8. The van der Waals surface area contributed by atoms with Crippen LogP contribution in [0.3, 0.4) is 0 Å². The predicted octanol–water partition coefficient (Wildman–Crippen LogP) is 5.49. The summed E-state index contributed by atoms with van der Waals surface area (Å²) in [7, 11) is 3.09. The number of carbonyl (C=O) groups excluding carboxylic acids is 2. The SMILES string of the molecule is CCOC(=O)c1ccc(OCC2c3cc(OC)c(OC)cc3CCN2C(=O)c2c(F)cccc2Cl)cc1. The molecule has 0 fully saturated rings. The number of benzene rings is 3. The highest BCUT2D eigenvalue weighted by molar-refractivity contribution is 6.33. The van der Waals surface area contributed by atoms with Crippen LogP contribution < -0.4 is 14.2 Å². The lowest BCUT2D eigenvalue weighted by Crippen LogP contribution is -2.43. The van der Waals surface area contributed by atoms with Gasteiger partial charge in [-0.3, -0.25) is 4.79 Å². The van der Waals surface area contributed by atoms with Gasteiger partial charge >= 0.3 is 5.97 Å². The van der Waals surface area contributed by atoms with E-state index in [9.17, 15) is 14.0 Å². The van der Waals surface area contributed by atoms with E-state index < -0.39 is 23.7 Å². The molecule has 1 heterocycles. The molecule has 3 aromatic carbocycles. The van der Waals surface area contributed by atoms with Gasteiger partial charge in [0, 0.05) is 6.54 Å². The molecule has 0 saturated heterocycles. The number of ether oxygens (including phenoxy) is 4. The van der Waals surface area contributed by atoms with Crippen LogP contribution in [0.5, 0.6) is 17.2 Å². The van der Waals surface area contributed by atoms with E-state index in [2.05, 4.69) is 0 Å². The van der Waals surface area contributed by atoms with Gasteiger partial charge in [0.05, 0.1) is 43.0 Å². The Morgan fingerprint density at radius 2 is 1.76 bits per heavy atom. The van der Waals surface area contributed by atoms with Gasteiger partial charge in [0.15, 0.2) is 11.5 Å². The van der Waals surface area contributed by atoms with E-state index in [4.69, 9.17) is 30.5 Å². The molecule has 1 amide bonds. The second kappa shape index (κ2) is 11.5. The molecule has 0 bridgehead atoms. The van der Waals surface area contributed by atoms with E-state index >= 15 is 0 Å². The molecule has 37 heavy (non-hydrogen) atoms. The molecule has 1 unspecified atom stereocenters. The molecular weight excluding hydrogens is 501 g/mol. The summed E-state index contributed by atoms with van der Waals surface area (Å²) in [6.07, 6.45) is 0.526. The van der Waals surface area contributed by atoms with E-state index in [1.165, 1.54) is 25.3 Å². The van der Waals surface area contributed by atoms with Gasteiger partial charge in [-0.2, -0.15) is 0 Å². The summed E-state index contributed by atoms with van der Waals surface area (Å²) < 4.78 is 36.7. The summed E-state index contributed by atoms with van der Waals surface area (Å²) in [6, 6.07) is 13.8. The lowest BCUT2D eigenvalue weighted by atomic mass is 9.91. The number of methoxy groups -OCH3 is 2. The fourth-order valence-corrected chi connectivity index (χ4v) is 4.62. The molecule has 1 atom stereocenters. The summed E-state index contributed by atoms with van der Waals surface area (Å²) in [5.41, 5.74) is 1.98. The number of halogens is 2. The zero-order chi connectivity index (χ0) is 26.5. The first-order chi connectivity index (χ1) is 17.9. The van der Waals surface area contributed by atoms with Crippen molar-refractivity contribution in [1.82, 2.24) is 4.90 Å². The third kappa shape index (κ3) is 5.49. The highest BCUT2D eigenvalue weighted by Crippen LogP contribution is 2.39. The Bertz CT molecular complexity index is 1280. The number of hydrogen-bond donors (Lipinski definition) is 0. The van der Waals surface area contributed by atoms with Crippen molar-refractivity contribution in [3.63, 3.8) is 0 Å². The first-order valence-electron chi connectivity index (χ1n) is 11.8. The van der Waals surface area contributed by atoms with Crippen LogP contribution >= 0.6 is 11.6 Å². The molecule has 9 heteroatoms. The van der Waals surface area contributed by atoms with Crippen LogP contribution in [-0.2, 0) is 11.2 Å². The van der Waals surface area contributed by atoms with Gasteiger partial charge < -0.3 is 23.8 Å². The summed E-state index contributed by atoms with van der Waals surface area (Å²) in [6.45, 7) is 2.41. The third-order valence-corrected chi connectivity index (χ3v) is 6.53. The van der Waals surface area contributed by atoms with Gasteiger partial charge in [-0.05, 0) is 73.0 Å². The maximum Gasteiger partial charge on any atom is 0.338 e. The zero-order valence-electron chi connectivity index (χ0n) is 20.8. The summed E-state index contributed by atoms with van der Waals surface area (Å²) >= 11 is 6.22. The second-order valence-corrected chi connectivity index (χ2v) is 8.73. The molecule has 1 aliphatic rings. The molecule has 194 valence electrons. The van der Waals surface area contributed by atoms with E-state index in [1.54, 1.807) is 43.2 Å². The number of carbonyl (C=O) groups is 2. The largest absolute Gasteiger partial charge is 0.493 e. The number of amides is 1. The van der Waals surface area contributed by atoms with Gasteiger partial charge in [-0.25, -0.2) is 9.18 Å². The molecule has 0 aromatic heterocycles. The van der Waals surface area contributed by atoms with Crippen LogP contribution in [-0.4, -0.2) is 50.8 Å². The smallest absolute Gasteiger partial charge is 0.338 e. The predicted molar refractivity (Wildman–Crippen MR) is 136 cm³/mol. The van der Waals surface area contributed by atoms with Crippen LogP contribution in [0.2, 0.25) is 5.02 Å². The Balaban J connectivity index is 1.67. The number of fused-ring (bicyclic) bond motifs is 1. The normalized spacial score (nSPS) is 14.5. The maximum atomic E-state index is 14.7. The minimum absolute atomic E-state index is 0.0392. The molecule has 0 radical (unpaired) electrons. The first kappa shape index (κ1) is 26.3. The minimum atomic E-state index is -0.690. The van der Waals surface area contributed by atoms with E-state index in [0.717, 1.165) is 11.1 Å². The van der Waals surface area contributed by atoms with Crippen molar-refractivity contribution in [3.8, 4) is 17.2 Å². The van der Waals surface area contributed by atoms with Crippen molar-refractivity contribution >= 4 is 23.5 Å². The van der Waals surface area contributed by atoms with Crippen LogP contribution in [0.1, 0.15) is 44.8 Å². The Morgan fingerprint density at radius 3 is 2.41 bits per heavy atom. The monoisotopic (exact) mass is 527 g/mol. The average Bonchev–Trinajstić information content (AvgIpc) is 2.91. The number of nitrogens with zero attached hydrogens (tertiary/aromatic N) is 1. The Hall–Kier alpha value is -3.78. The number of hydrogen-bond acceptors (Lipinski definition) is 6. The van der Waals surface area contributed by atoms with Crippen LogP contribution in [0.4, 0.5) is 4.39 Å². The third-order valence-electron chi connectivity index (χ3n) is 6.21. The number of esters is 1. The molecule has 7 nitrogen and oxygen atoms in total. The molecule has 0 aliphatic carbocycles. The minimum Gasteiger partial charge on any atom is -0.493 e. The Kier molecular flexibility index (Phi) is 8.18. The molecule has 3 aromatic rings. The van der Waals surface area contributed by atoms with Crippen molar-refractivity contribution in [2.75, 3.05) is 34.0 Å². The lowest BCUT2D eigenvalue weighted by Gasteiger charge is -2.38. The molecule has 0 spiro atoms. The summed E-state index contributed by atoms with van der Waals surface area (Å²) in [5, 5.41) is 0.0392. The van der Waals surface area contributed by atoms with Crippen LogP contribution in [0.15, 0.2) is 54.6 Å². The van der Waals surface area contributed by atoms with Crippen molar-refractivity contribution in [2.45, 2.75) is 19.4 Å². The first-order valence-corrected chi connectivity index (χ1v) is 12.2. The van der Waals surface area contributed by atoms with Crippen LogP contribution in [0.25, 0.3) is 0 Å². The second-order valence-electron chi connectivity index (χ2n) is 8.32. The summed E-state index contributed by atoms with van der Waals surface area (Å²) in [4.78, 5) is 27.1. The average molecular weight is 528 g/mol. The maximum absolute atomic E-state index is 14.7. The molecule has 4 rings (SSSR count). The highest BCUT2D eigenvalue weighted by Gasteiger charge is 2.35. The molecular formula is C28H27ClFNO6. The quantitative estimate of drug-likeness (QED) is 0.361. The summed E-state index contributed by atoms with van der Waals surface area (Å²) in [5.74, 6) is -0.0675. The van der Waals surface area contributed by atoms with Gasteiger partial charge in [-0.1, -0.05) is 17.7 Å². The Morgan fingerprint density at radius 1 is 1.05 bits per heavy atom. The Labute approximate surface area is 219 Å². The molecule has 0 N–H and O–H groups in total. The van der Waals surface area contributed by atoms with Gasteiger partial charge in [0.1, 0.15) is 18.2 Å². The molecule has 1 aliphatic heterocycles. The highest BCUT2D eigenvalue weighted by atomic mass is 35.5. The fraction of sp³-hybridized carbons (Fsp3) is 0.286. The van der Waals surface area contributed by atoms with Crippen molar-refractivity contribution < 1.29 is 32.9 Å². The molecule has 0 saturated carbocycles. The van der Waals surface area contributed by atoms with E-state index in [0.29, 0.717) is 35.8 Å². The van der Waals surface area contributed by atoms with Crippen molar-refractivity contribution in [2.24, 2.45) is 0 Å². The topological polar surface area (TPSA) is 74.3 Å². The standard InChI is InChI=1S/C28H27ClFNO6/c1-4-36-28(33)17-8-10-19(11-9-17)37-16-23-20-15-25(35-3)24(34-2)14-18(20)12-13-31(23)27(32)26-21(29)6-5-7-22(26)30/h5-11,14-15,23H,4,12-13,16H2,1-3H3. The lowest BCUT2D eigenvalue weighted by molar-refractivity contribution is 0.0524. The van der Waals surface area contributed by atoms with Crippen LogP contribution in [0, 0.1) is 5.82 Å². The van der Waals surface area contributed by atoms with Gasteiger partial charge in [0.25, 0.3) is 5.91 Å². The van der Waals surface area contributed by atoms with Gasteiger partial charge in [-0.15, -0.1) is 0 Å². The van der Waals surface area contributed by atoms with E-state index in [-0.39, 0.29) is 23.8 Å². The fourth-order valence-electron chi connectivity index (χ4n) is 4.37. The van der Waals surface area contributed by atoms with Gasteiger partial charge in [0.2, 0.25) is 0 Å². The van der Waals surface area contributed by atoms with E-state index in [1.807, 2.05) is 12.1 Å². The van der Waals surface area contributed by atoms with Crippen molar-refractivity contribution in [3.05, 3.63) is 87.7 Å².